The molecule has 0 N–H and O–H groups in total. The first kappa shape index (κ1) is 16.8. The van der Waals surface area contributed by atoms with E-state index in [1.165, 1.54) is 12.8 Å². The van der Waals surface area contributed by atoms with Crippen molar-refractivity contribution in [2.75, 3.05) is 37.6 Å². The van der Waals surface area contributed by atoms with Crippen LogP contribution in [0.4, 0.5) is 5.13 Å². The fraction of sp³-hybridized carbons (Fsp3) is 0.722. The summed E-state index contributed by atoms with van der Waals surface area (Å²) < 4.78 is 0. The molecule has 2 saturated heterocycles. The molecule has 0 unspecified atom stereocenters. The highest BCUT2D eigenvalue weighted by atomic mass is 32.1. The van der Waals surface area contributed by atoms with E-state index in [9.17, 15) is 9.59 Å². The minimum Gasteiger partial charge on any atom is -0.345 e. The van der Waals surface area contributed by atoms with Crippen LogP contribution < -0.4 is 4.90 Å². The Morgan fingerprint density at radius 2 is 1.88 bits per heavy atom. The average Bonchev–Trinajstić information content (AvgIpc) is 3.35. The van der Waals surface area contributed by atoms with Gasteiger partial charge < -0.3 is 14.7 Å². The number of hydrogen-bond acceptors (Lipinski definition) is 5. The molecule has 1 atom stereocenters. The van der Waals surface area contributed by atoms with Crippen molar-refractivity contribution in [1.82, 2.24) is 14.8 Å². The number of rotatable bonds is 3. The van der Waals surface area contributed by atoms with E-state index in [-0.39, 0.29) is 17.7 Å². The second kappa shape index (κ2) is 7.32. The van der Waals surface area contributed by atoms with Crippen LogP contribution in [0.15, 0.2) is 11.6 Å². The molecule has 6 nitrogen and oxygen atoms in total. The fourth-order valence-electron chi connectivity index (χ4n) is 4.39. The Kier molecular flexibility index (Phi) is 4.92. The van der Waals surface area contributed by atoms with Gasteiger partial charge >= 0.3 is 0 Å². The van der Waals surface area contributed by atoms with Gasteiger partial charge in [-0.1, -0.05) is 12.8 Å². The third-order valence-electron chi connectivity index (χ3n) is 5.84. The second-order valence-electron chi connectivity index (χ2n) is 7.35. The molecule has 1 saturated carbocycles. The zero-order valence-corrected chi connectivity index (χ0v) is 15.4. The lowest BCUT2D eigenvalue weighted by Gasteiger charge is -2.40. The van der Waals surface area contributed by atoms with E-state index >= 15 is 0 Å². The summed E-state index contributed by atoms with van der Waals surface area (Å²) in [6.07, 6.45) is 7.73. The number of aromatic nitrogens is 1. The Bertz CT molecular complexity index is 607. The number of carbonyl (C=O) groups is 2. The van der Waals surface area contributed by atoms with E-state index in [1.807, 2.05) is 21.4 Å². The molecule has 0 aromatic carbocycles. The number of thiazole rings is 1. The van der Waals surface area contributed by atoms with Crippen LogP contribution in [0.5, 0.6) is 0 Å². The highest BCUT2D eigenvalue weighted by Gasteiger charge is 2.37. The smallest absolute Gasteiger partial charge is 0.227 e. The minimum absolute atomic E-state index is 0.00953. The number of nitrogens with zero attached hydrogens (tertiary/aromatic N) is 4. The zero-order valence-electron chi connectivity index (χ0n) is 14.6. The van der Waals surface area contributed by atoms with Gasteiger partial charge in [0.05, 0.1) is 5.92 Å². The van der Waals surface area contributed by atoms with Crippen LogP contribution in [0.25, 0.3) is 0 Å². The second-order valence-corrected chi connectivity index (χ2v) is 8.22. The van der Waals surface area contributed by atoms with Gasteiger partial charge in [0.1, 0.15) is 0 Å². The molecule has 7 heteroatoms. The van der Waals surface area contributed by atoms with Crippen molar-refractivity contribution in [1.29, 1.82) is 0 Å². The maximum absolute atomic E-state index is 13.0. The summed E-state index contributed by atoms with van der Waals surface area (Å²) in [5.74, 6) is 0.489. The Hall–Kier alpha value is -1.63. The predicted molar refractivity (Wildman–Crippen MR) is 97.6 cm³/mol. The van der Waals surface area contributed by atoms with Gasteiger partial charge in [0.25, 0.3) is 0 Å². The molecule has 136 valence electrons. The highest BCUT2D eigenvalue weighted by molar-refractivity contribution is 7.13. The lowest BCUT2D eigenvalue weighted by atomic mass is 9.94. The third kappa shape index (κ3) is 3.52. The summed E-state index contributed by atoms with van der Waals surface area (Å²) in [7, 11) is 0. The topological polar surface area (TPSA) is 56.8 Å². The van der Waals surface area contributed by atoms with E-state index in [1.54, 1.807) is 11.3 Å². The van der Waals surface area contributed by atoms with Gasteiger partial charge in [-0.3, -0.25) is 9.59 Å². The van der Waals surface area contributed by atoms with Crippen LogP contribution in [0.3, 0.4) is 0 Å². The summed E-state index contributed by atoms with van der Waals surface area (Å²) >= 11 is 1.65. The molecular weight excluding hydrogens is 336 g/mol. The van der Waals surface area contributed by atoms with E-state index in [0.29, 0.717) is 25.4 Å². The fourth-order valence-corrected chi connectivity index (χ4v) is 5.09. The molecule has 3 aliphatic rings. The molecule has 0 bridgehead atoms. The number of piperazine rings is 1. The van der Waals surface area contributed by atoms with Gasteiger partial charge in [-0.2, -0.15) is 0 Å². The van der Waals surface area contributed by atoms with Crippen LogP contribution in [-0.4, -0.2) is 65.4 Å². The molecule has 3 heterocycles. The molecule has 2 amide bonds. The Balaban J connectivity index is 1.34. The molecule has 25 heavy (non-hydrogen) atoms. The van der Waals surface area contributed by atoms with Crippen LogP contribution in [-0.2, 0) is 9.59 Å². The molecular formula is C18H26N4O2S. The molecule has 0 radical (unpaired) electrons. The molecule has 0 spiro atoms. The summed E-state index contributed by atoms with van der Waals surface area (Å²) in [5.41, 5.74) is 0. The lowest BCUT2D eigenvalue weighted by molar-refractivity contribution is -0.145. The summed E-state index contributed by atoms with van der Waals surface area (Å²) in [6, 6.07) is 0.379. The van der Waals surface area contributed by atoms with Crippen molar-refractivity contribution in [3.8, 4) is 0 Å². The van der Waals surface area contributed by atoms with Crippen molar-refractivity contribution in [3.05, 3.63) is 11.6 Å². The van der Waals surface area contributed by atoms with Gasteiger partial charge in [0.15, 0.2) is 5.13 Å². The summed E-state index contributed by atoms with van der Waals surface area (Å²) in [5, 5.41) is 3.03. The van der Waals surface area contributed by atoms with Crippen LogP contribution in [0.1, 0.15) is 38.5 Å². The predicted octanol–water partition coefficient (Wildman–Crippen LogP) is 1.97. The monoisotopic (exact) mass is 362 g/mol. The summed E-state index contributed by atoms with van der Waals surface area (Å²) in [4.78, 5) is 35.9. The first-order chi connectivity index (χ1) is 12.2. The lowest BCUT2D eigenvalue weighted by Crippen LogP contribution is -2.54. The molecule has 1 aromatic rings. The quantitative estimate of drug-likeness (QED) is 0.825. The number of amides is 2. The molecule has 1 aliphatic carbocycles. The van der Waals surface area contributed by atoms with Gasteiger partial charge in [-0.15, -0.1) is 11.3 Å². The van der Waals surface area contributed by atoms with Crippen molar-refractivity contribution < 1.29 is 9.59 Å². The van der Waals surface area contributed by atoms with E-state index < -0.39 is 0 Å². The maximum Gasteiger partial charge on any atom is 0.227 e. The third-order valence-corrected chi connectivity index (χ3v) is 6.67. The van der Waals surface area contributed by atoms with Gasteiger partial charge in [0, 0.05) is 56.8 Å². The molecule has 1 aromatic heterocycles. The van der Waals surface area contributed by atoms with Crippen LogP contribution in [0.2, 0.25) is 0 Å². The van der Waals surface area contributed by atoms with Gasteiger partial charge in [-0.05, 0) is 19.3 Å². The number of piperidine rings is 1. The molecule has 4 rings (SSSR count). The normalized spacial score (nSPS) is 25.7. The Morgan fingerprint density at radius 3 is 2.56 bits per heavy atom. The zero-order chi connectivity index (χ0) is 17.2. The minimum atomic E-state index is -0.00953. The van der Waals surface area contributed by atoms with Crippen molar-refractivity contribution in [2.45, 2.75) is 44.6 Å². The molecule has 3 fully saturated rings. The highest BCUT2D eigenvalue weighted by Crippen LogP contribution is 2.29. The van der Waals surface area contributed by atoms with Crippen molar-refractivity contribution in [3.63, 3.8) is 0 Å². The van der Waals surface area contributed by atoms with Crippen molar-refractivity contribution in [2.24, 2.45) is 5.92 Å². The largest absolute Gasteiger partial charge is 0.345 e. The number of anilines is 1. The average molecular weight is 362 g/mol. The Labute approximate surface area is 152 Å². The van der Waals surface area contributed by atoms with E-state index in [4.69, 9.17) is 0 Å². The maximum atomic E-state index is 13.0. The Morgan fingerprint density at radius 1 is 1.12 bits per heavy atom. The molecule has 2 aliphatic heterocycles. The van der Waals surface area contributed by atoms with E-state index in [0.717, 1.165) is 44.2 Å². The van der Waals surface area contributed by atoms with Crippen molar-refractivity contribution >= 4 is 28.3 Å². The van der Waals surface area contributed by atoms with Crippen LogP contribution >= 0.6 is 11.3 Å². The first-order valence-corrected chi connectivity index (χ1v) is 10.3. The number of hydrogen-bond donors (Lipinski definition) is 0. The first-order valence-electron chi connectivity index (χ1n) is 9.45. The summed E-state index contributed by atoms with van der Waals surface area (Å²) in [6.45, 7) is 3.84. The van der Waals surface area contributed by atoms with E-state index in [2.05, 4.69) is 9.88 Å². The van der Waals surface area contributed by atoms with Crippen LogP contribution in [0, 0.1) is 5.92 Å². The SMILES string of the molecule is O=C([C@@H]1CCC(=O)N(C2CCCC2)C1)N1CCN(c2nccs2)CC1. The van der Waals surface area contributed by atoms with Gasteiger partial charge in [0.2, 0.25) is 11.8 Å². The number of likely N-dealkylation sites (tertiary alicyclic amines) is 1. The van der Waals surface area contributed by atoms with Gasteiger partial charge in [-0.25, -0.2) is 4.98 Å². The standard InChI is InChI=1S/C18H26N4O2S/c23-16-6-5-14(13-22(16)15-3-1-2-4-15)17(24)20-8-10-21(11-9-20)18-19-7-12-25-18/h7,12,14-15H,1-6,8-11,13H2/t14-/m1/s1. The number of carbonyl (C=O) groups excluding carboxylic acids is 2.